The Morgan fingerprint density at radius 1 is 1.33 bits per heavy atom. The monoisotopic (exact) mass is 191 g/mol. The van der Waals surface area contributed by atoms with Crippen molar-refractivity contribution in [3.05, 3.63) is 0 Å². The number of carbonyl (C=O) groups is 2. The zero-order valence-electron chi connectivity index (χ0n) is 8.14. The first-order chi connectivity index (χ1) is 5.66. The SMILES string of the molecule is CC.CNC(=O)CCSC(C)=O. The van der Waals surface area contributed by atoms with Gasteiger partial charge in [-0.1, -0.05) is 25.6 Å². The highest BCUT2D eigenvalue weighted by atomic mass is 32.2. The van der Waals surface area contributed by atoms with Gasteiger partial charge in [-0.05, 0) is 0 Å². The predicted molar refractivity (Wildman–Crippen MR) is 53.2 cm³/mol. The Hall–Kier alpha value is -0.510. The van der Waals surface area contributed by atoms with E-state index in [4.69, 9.17) is 0 Å². The Balaban J connectivity index is 0. The van der Waals surface area contributed by atoms with Crippen molar-refractivity contribution in [1.29, 1.82) is 0 Å². The molecule has 0 rings (SSSR count). The van der Waals surface area contributed by atoms with Gasteiger partial charge in [0.1, 0.15) is 0 Å². The summed E-state index contributed by atoms with van der Waals surface area (Å²) in [5.41, 5.74) is 0. The molecule has 0 bridgehead atoms. The Morgan fingerprint density at radius 2 is 1.83 bits per heavy atom. The van der Waals surface area contributed by atoms with Crippen LogP contribution in [0, 0.1) is 0 Å². The van der Waals surface area contributed by atoms with Crippen molar-refractivity contribution in [3.8, 4) is 0 Å². The average molecular weight is 191 g/mol. The van der Waals surface area contributed by atoms with E-state index in [-0.39, 0.29) is 11.0 Å². The van der Waals surface area contributed by atoms with Crippen LogP contribution in [0.1, 0.15) is 27.2 Å². The van der Waals surface area contributed by atoms with Gasteiger partial charge in [-0.25, -0.2) is 0 Å². The van der Waals surface area contributed by atoms with E-state index in [1.807, 2.05) is 13.8 Å². The van der Waals surface area contributed by atoms with E-state index in [1.165, 1.54) is 18.7 Å². The maximum atomic E-state index is 10.6. The molecule has 0 fully saturated rings. The number of thioether (sulfide) groups is 1. The van der Waals surface area contributed by atoms with Gasteiger partial charge in [-0.3, -0.25) is 9.59 Å². The highest BCUT2D eigenvalue weighted by Crippen LogP contribution is 2.02. The summed E-state index contributed by atoms with van der Waals surface area (Å²) in [6, 6.07) is 0. The van der Waals surface area contributed by atoms with Crippen LogP contribution in [0.5, 0.6) is 0 Å². The fraction of sp³-hybridized carbons (Fsp3) is 0.750. The number of hydrogen-bond donors (Lipinski definition) is 1. The molecule has 0 saturated heterocycles. The van der Waals surface area contributed by atoms with Crippen molar-refractivity contribution < 1.29 is 9.59 Å². The smallest absolute Gasteiger partial charge is 0.220 e. The third kappa shape index (κ3) is 12.2. The topological polar surface area (TPSA) is 46.2 Å². The van der Waals surface area contributed by atoms with Gasteiger partial charge in [-0.15, -0.1) is 0 Å². The lowest BCUT2D eigenvalue weighted by atomic mass is 10.5. The maximum absolute atomic E-state index is 10.6. The number of amides is 1. The second kappa shape index (κ2) is 10.5. The third-order valence-electron chi connectivity index (χ3n) is 0.913. The third-order valence-corrected chi connectivity index (χ3v) is 1.73. The van der Waals surface area contributed by atoms with E-state index in [2.05, 4.69) is 5.32 Å². The minimum atomic E-state index is -0.0197. The van der Waals surface area contributed by atoms with Gasteiger partial charge in [0.2, 0.25) is 5.91 Å². The largest absolute Gasteiger partial charge is 0.359 e. The van der Waals surface area contributed by atoms with Crippen LogP contribution in [-0.2, 0) is 9.59 Å². The molecule has 0 atom stereocenters. The lowest BCUT2D eigenvalue weighted by molar-refractivity contribution is -0.120. The Morgan fingerprint density at radius 3 is 2.17 bits per heavy atom. The normalized spacial score (nSPS) is 8.00. The molecule has 4 heteroatoms. The summed E-state index contributed by atoms with van der Waals surface area (Å²) in [5.74, 6) is 0.559. The molecule has 0 aliphatic rings. The molecule has 0 aliphatic heterocycles. The van der Waals surface area contributed by atoms with Crippen LogP contribution in [-0.4, -0.2) is 23.8 Å². The quantitative estimate of drug-likeness (QED) is 0.734. The first kappa shape index (κ1) is 14.0. The average Bonchev–Trinajstić information content (AvgIpc) is 2.07. The van der Waals surface area contributed by atoms with Crippen molar-refractivity contribution in [2.24, 2.45) is 0 Å². The summed E-state index contributed by atoms with van der Waals surface area (Å²) in [4.78, 5) is 20.9. The molecule has 0 aromatic heterocycles. The summed E-state index contributed by atoms with van der Waals surface area (Å²) in [6.07, 6.45) is 0.417. The zero-order chi connectivity index (χ0) is 9.98. The van der Waals surface area contributed by atoms with Gasteiger partial charge in [-0.2, -0.15) is 0 Å². The van der Waals surface area contributed by atoms with Gasteiger partial charge >= 0.3 is 0 Å². The van der Waals surface area contributed by atoms with Gasteiger partial charge in [0.25, 0.3) is 0 Å². The molecule has 0 aromatic carbocycles. The second-order valence-electron chi connectivity index (χ2n) is 1.76. The van der Waals surface area contributed by atoms with E-state index in [0.29, 0.717) is 12.2 Å². The standard InChI is InChI=1S/C6H11NO2S.C2H6/c1-5(8)10-4-3-6(9)7-2;1-2/h3-4H2,1-2H3,(H,7,9);1-2H3. The number of hydrogen-bond acceptors (Lipinski definition) is 3. The molecule has 0 unspecified atom stereocenters. The van der Waals surface area contributed by atoms with Crippen LogP contribution in [0.25, 0.3) is 0 Å². The van der Waals surface area contributed by atoms with Crippen molar-refractivity contribution >= 4 is 22.8 Å². The van der Waals surface area contributed by atoms with E-state index in [1.54, 1.807) is 7.05 Å². The van der Waals surface area contributed by atoms with Crippen LogP contribution >= 0.6 is 11.8 Å². The molecular formula is C8H17NO2S. The van der Waals surface area contributed by atoms with Crippen molar-refractivity contribution in [2.45, 2.75) is 27.2 Å². The molecule has 0 aromatic rings. The Kier molecular flexibility index (Phi) is 12.3. The predicted octanol–water partition coefficient (Wildman–Crippen LogP) is 1.43. The van der Waals surface area contributed by atoms with E-state index >= 15 is 0 Å². The molecule has 0 radical (unpaired) electrons. The summed E-state index contributed by atoms with van der Waals surface area (Å²) in [6.45, 7) is 5.49. The van der Waals surface area contributed by atoms with E-state index in [9.17, 15) is 9.59 Å². The molecule has 72 valence electrons. The number of rotatable bonds is 3. The highest BCUT2D eigenvalue weighted by Gasteiger charge is 1.98. The molecular weight excluding hydrogens is 174 g/mol. The van der Waals surface area contributed by atoms with E-state index < -0.39 is 0 Å². The van der Waals surface area contributed by atoms with Gasteiger partial charge in [0.05, 0.1) is 0 Å². The molecule has 3 nitrogen and oxygen atoms in total. The van der Waals surface area contributed by atoms with Crippen molar-refractivity contribution in [1.82, 2.24) is 5.32 Å². The summed E-state index contributed by atoms with van der Waals surface area (Å²) >= 11 is 1.18. The first-order valence-electron chi connectivity index (χ1n) is 4.00. The molecule has 0 aliphatic carbocycles. The van der Waals surface area contributed by atoms with E-state index in [0.717, 1.165) is 0 Å². The zero-order valence-corrected chi connectivity index (χ0v) is 8.96. The van der Waals surface area contributed by atoms with Crippen molar-refractivity contribution in [2.75, 3.05) is 12.8 Å². The minimum Gasteiger partial charge on any atom is -0.359 e. The summed E-state index contributed by atoms with van der Waals surface area (Å²) in [7, 11) is 1.58. The lowest BCUT2D eigenvalue weighted by Gasteiger charge is -1.95. The molecule has 0 heterocycles. The minimum absolute atomic E-state index is 0.0197. The van der Waals surface area contributed by atoms with Gasteiger partial charge in [0.15, 0.2) is 5.12 Å². The van der Waals surface area contributed by atoms with Crippen molar-refractivity contribution in [3.63, 3.8) is 0 Å². The summed E-state index contributed by atoms with van der Waals surface area (Å²) in [5, 5.41) is 2.53. The molecule has 0 spiro atoms. The molecule has 12 heavy (non-hydrogen) atoms. The van der Waals surface area contributed by atoms with Crippen LogP contribution in [0.15, 0.2) is 0 Å². The fourth-order valence-electron chi connectivity index (χ4n) is 0.412. The Labute approximate surface area is 78.3 Å². The van der Waals surface area contributed by atoms with Crippen LogP contribution in [0.2, 0.25) is 0 Å². The molecule has 1 N–H and O–H groups in total. The van der Waals surface area contributed by atoms with Crippen LogP contribution < -0.4 is 5.32 Å². The molecule has 0 saturated carbocycles. The number of nitrogens with one attached hydrogen (secondary N) is 1. The van der Waals surface area contributed by atoms with Gasteiger partial charge < -0.3 is 5.32 Å². The maximum Gasteiger partial charge on any atom is 0.220 e. The first-order valence-corrected chi connectivity index (χ1v) is 4.99. The fourth-order valence-corrected chi connectivity index (χ4v) is 0.987. The van der Waals surface area contributed by atoms with Gasteiger partial charge in [0, 0.05) is 26.1 Å². The Bertz CT molecular complexity index is 137. The van der Waals surface area contributed by atoms with Crippen LogP contribution in [0.4, 0.5) is 0 Å². The number of carbonyl (C=O) groups excluding carboxylic acids is 2. The second-order valence-corrected chi connectivity index (χ2v) is 3.04. The summed E-state index contributed by atoms with van der Waals surface area (Å²) < 4.78 is 0. The van der Waals surface area contributed by atoms with Crippen LogP contribution in [0.3, 0.4) is 0 Å². The lowest BCUT2D eigenvalue weighted by Crippen LogP contribution is -2.18. The highest BCUT2D eigenvalue weighted by molar-refractivity contribution is 8.13. The molecule has 1 amide bonds.